The van der Waals surface area contributed by atoms with Gasteiger partial charge >= 0.3 is 0 Å². The van der Waals surface area contributed by atoms with Crippen LogP contribution in [0.25, 0.3) is 0 Å². The number of rotatable bonds is 1. The molecule has 5 nitrogen and oxygen atoms in total. The lowest BCUT2D eigenvalue weighted by atomic mass is 9.90. The maximum atomic E-state index is 13.5. The minimum Gasteiger partial charge on any atom is -0.351 e. The quantitative estimate of drug-likeness (QED) is 0.839. The number of carbonyl (C=O) groups excluding carboxylic acids is 2. The lowest BCUT2D eigenvalue weighted by Gasteiger charge is -2.51. The number of anilines is 1. The summed E-state index contributed by atoms with van der Waals surface area (Å²) in [5.41, 5.74) is 0.821. The van der Waals surface area contributed by atoms with E-state index < -0.39 is 11.5 Å². The number of carbonyl (C=O) groups is 2. The third-order valence-corrected chi connectivity index (χ3v) is 5.52. The number of likely N-dealkylation sites (tertiary alicyclic amines) is 1. The summed E-state index contributed by atoms with van der Waals surface area (Å²) >= 11 is 0. The van der Waals surface area contributed by atoms with Gasteiger partial charge in [0.15, 0.2) is 0 Å². The Bertz CT molecular complexity index is 906. The molecule has 7 heteroatoms. The predicted molar refractivity (Wildman–Crippen MR) is 96.5 cm³/mol. The van der Waals surface area contributed by atoms with Gasteiger partial charge in [-0.1, -0.05) is 0 Å². The molecule has 4 rings (SSSR count). The van der Waals surface area contributed by atoms with Gasteiger partial charge in [0.25, 0.3) is 11.8 Å². The summed E-state index contributed by atoms with van der Waals surface area (Å²) in [7, 11) is 1.87. The largest absolute Gasteiger partial charge is 0.351 e. The van der Waals surface area contributed by atoms with Crippen molar-refractivity contribution >= 4 is 17.5 Å². The minimum atomic E-state index is -0.610. The molecule has 0 radical (unpaired) electrons. The molecule has 1 N–H and O–H groups in total. The van der Waals surface area contributed by atoms with E-state index in [2.05, 4.69) is 5.32 Å². The third-order valence-electron chi connectivity index (χ3n) is 5.52. The van der Waals surface area contributed by atoms with Crippen LogP contribution in [-0.2, 0) is 0 Å². The van der Waals surface area contributed by atoms with Crippen molar-refractivity contribution < 1.29 is 18.4 Å². The maximum Gasteiger partial charge on any atom is 0.255 e. The van der Waals surface area contributed by atoms with Gasteiger partial charge in [-0.2, -0.15) is 0 Å². The normalized spacial score (nSPS) is 18.3. The first-order valence-electron chi connectivity index (χ1n) is 8.80. The van der Waals surface area contributed by atoms with Crippen molar-refractivity contribution in [1.29, 1.82) is 0 Å². The van der Waals surface area contributed by atoms with Gasteiger partial charge in [0.2, 0.25) is 0 Å². The molecule has 2 aliphatic heterocycles. The van der Waals surface area contributed by atoms with Crippen molar-refractivity contribution in [3.8, 4) is 0 Å². The highest BCUT2D eigenvalue weighted by Crippen LogP contribution is 2.36. The second-order valence-corrected chi connectivity index (χ2v) is 7.01. The Morgan fingerprint density at radius 2 is 1.67 bits per heavy atom. The van der Waals surface area contributed by atoms with E-state index in [9.17, 15) is 18.4 Å². The van der Waals surface area contributed by atoms with Crippen molar-refractivity contribution in [3.05, 3.63) is 65.2 Å². The zero-order valence-electron chi connectivity index (χ0n) is 14.8. The second kappa shape index (κ2) is 6.33. The number of piperidine rings is 1. The zero-order valence-corrected chi connectivity index (χ0v) is 14.8. The Hall–Kier alpha value is -2.96. The molecule has 0 aliphatic carbocycles. The minimum absolute atomic E-state index is 0.155. The van der Waals surface area contributed by atoms with Crippen molar-refractivity contribution in [1.82, 2.24) is 10.2 Å². The van der Waals surface area contributed by atoms with Crippen LogP contribution in [0.2, 0.25) is 0 Å². The third kappa shape index (κ3) is 2.93. The molecule has 0 bridgehead atoms. The smallest absolute Gasteiger partial charge is 0.255 e. The molecule has 1 saturated heterocycles. The van der Waals surface area contributed by atoms with Gasteiger partial charge in [0.1, 0.15) is 17.3 Å². The molecule has 0 unspecified atom stereocenters. The first-order valence-corrected chi connectivity index (χ1v) is 8.80. The number of halogens is 2. The molecular formula is C20H19F2N3O2. The van der Waals surface area contributed by atoms with Crippen molar-refractivity contribution in [3.63, 3.8) is 0 Å². The highest BCUT2D eigenvalue weighted by atomic mass is 19.1. The van der Waals surface area contributed by atoms with E-state index in [0.29, 0.717) is 42.7 Å². The first-order chi connectivity index (χ1) is 12.9. The highest BCUT2D eigenvalue weighted by Gasteiger charge is 2.44. The van der Waals surface area contributed by atoms with E-state index in [4.69, 9.17) is 0 Å². The second-order valence-electron chi connectivity index (χ2n) is 7.01. The van der Waals surface area contributed by atoms with Gasteiger partial charge in [-0.25, -0.2) is 8.78 Å². The van der Waals surface area contributed by atoms with Crippen LogP contribution < -0.4 is 10.2 Å². The van der Waals surface area contributed by atoms with Crippen LogP contribution in [0.5, 0.6) is 0 Å². The lowest BCUT2D eigenvalue weighted by molar-refractivity contribution is 0.0609. The summed E-state index contributed by atoms with van der Waals surface area (Å²) < 4.78 is 26.6. The molecule has 0 saturated carbocycles. The zero-order chi connectivity index (χ0) is 19.2. The fourth-order valence-electron chi connectivity index (χ4n) is 3.89. The Balaban J connectivity index is 1.53. The van der Waals surface area contributed by atoms with Crippen LogP contribution in [-0.4, -0.2) is 42.5 Å². The van der Waals surface area contributed by atoms with Crippen LogP contribution in [0.4, 0.5) is 14.5 Å². The molecule has 1 fully saturated rings. The summed E-state index contributed by atoms with van der Waals surface area (Å²) in [5.74, 6) is -1.29. The van der Waals surface area contributed by atoms with E-state index in [1.54, 1.807) is 11.0 Å². The predicted octanol–water partition coefficient (Wildman–Crippen LogP) is 2.78. The summed E-state index contributed by atoms with van der Waals surface area (Å²) in [5, 5.41) is 3.00. The van der Waals surface area contributed by atoms with Gasteiger partial charge in [0, 0.05) is 38.5 Å². The van der Waals surface area contributed by atoms with Gasteiger partial charge in [0.05, 0.1) is 11.3 Å². The van der Waals surface area contributed by atoms with E-state index >= 15 is 0 Å². The van der Waals surface area contributed by atoms with Crippen LogP contribution in [0, 0.1) is 11.6 Å². The number of benzene rings is 2. The van der Waals surface area contributed by atoms with Crippen LogP contribution in [0.3, 0.4) is 0 Å². The number of nitrogens with zero attached hydrogens (tertiary/aromatic N) is 2. The molecule has 2 amide bonds. The van der Waals surface area contributed by atoms with E-state index in [0.717, 1.165) is 0 Å². The molecule has 0 atom stereocenters. The van der Waals surface area contributed by atoms with E-state index in [1.165, 1.54) is 36.4 Å². The van der Waals surface area contributed by atoms with E-state index in [1.807, 2.05) is 11.9 Å². The Morgan fingerprint density at radius 3 is 2.33 bits per heavy atom. The van der Waals surface area contributed by atoms with Crippen molar-refractivity contribution in [2.24, 2.45) is 0 Å². The summed E-state index contributed by atoms with van der Waals surface area (Å²) in [6, 6.07) is 9.67. The fourth-order valence-corrected chi connectivity index (χ4v) is 3.89. The van der Waals surface area contributed by atoms with Crippen LogP contribution in [0.1, 0.15) is 33.6 Å². The van der Waals surface area contributed by atoms with Crippen LogP contribution in [0.15, 0.2) is 42.5 Å². The molecule has 2 aromatic carbocycles. The average Bonchev–Trinajstić information content (AvgIpc) is 2.67. The SMILES string of the molecule is CN1c2ccc(F)cc2C(=O)NC12CCN(C(=O)c1ccc(F)cc1)CC2. The highest BCUT2D eigenvalue weighted by molar-refractivity contribution is 6.02. The number of hydrogen-bond donors (Lipinski definition) is 1. The first kappa shape index (κ1) is 17.5. The molecule has 0 aromatic heterocycles. The molecule has 2 aromatic rings. The maximum absolute atomic E-state index is 13.5. The monoisotopic (exact) mass is 371 g/mol. The summed E-state index contributed by atoms with van der Waals surface area (Å²) in [6.07, 6.45) is 1.08. The summed E-state index contributed by atoms with van der Waals surface area (Å²) in [6.45, 7) is 0.911. The standard InChI is InChI=1S/C20H19F2N3O2/c1-24-17-7-6-15(22)12-16(17)18(26)23-20(24)8-10-25(11-9-20)19(27)13-2-4-14(21)5-3-13/h2-7,12H,8-11H2,1H3,(H,23,26). The topological polar surface area (TPSA) is 52.7 Å². The van der Waals surface area contributed by atoms with E-state index in [-0.39, 0.29) is 17.6 Å². The molecule has 27 heavy (non-hydrogen) atoms. The molecule has 140 valence electrons. The molecule has 1 spiro atoms. The Kier molecular flexibility index (Phi) is 4.09. The van der Waals surface area contributed by atoms with Crippen molar-refractivity contribution in [2.75, 3.05) is 25.0 Å². The number of fused-ring (bicyclic) bond motifs is 1. The number of hydrogen-bond acceptors (Lipinski definition) is 3. The van der Waals surface area contributed by atoms with Gasteiger partial charge in [-0.15, -0.1) is 0 Å². The fraction of sp³-hybridized carbons (Fsp3) is 0.300. The molecular weight excluding hydrogens is 352 g/mol. The van der Waals surface area contributed by atoms with Crippen molar-refractivity contribution in [2.45, 2.75) is 18.5 Å². The lowest BCUT2D eigenvalue weighted by Crippen LogP contribution is -2.67. The van der Waals surface area contributed by atoms with Gasteiger partial charge < -0.3 is 15.1 Å². The van der Waals surface area contributed by atoms with Crippen LogP contribution >= 0.6 is 0 Å². The molecule has 2 aliphatic rings. The number of nitrogens with one attached hydrogen (secondary N) is 1. The molecule has 2 heterocycles. The van der Waals surface area contributed by atoms with Gasteiger partial charge in [-0.05, 0) is 42.5 Å². The summed E-state index contributed by atoms with van der Waals surface area (Å²) in [4.78, 5) is 28.8. The average molecular weight is 371 g/mol. The Morgan fingerprint density at radius 1 is 1.04 bits per heavy atom. The van der Waals surface area contributed by atoms with Gasteiger partial charge in [-0.3, -0.25) is 9.59 Å². The Labute approximate surface area is 155 Å². The number of amides is 2.